The molecule has 0 amide bonds. The molecule has 0 unspecified atom stereocenters. The molecule has 3 aromatic rings. The summed E-state index contributed by atoms with van der Waals surface area (Å²) < 4.78 is 1.98. The standard InChI is InChI=1S/C16H16N4/c1-13-5-6-15(18-10-13)11-19-14-3-2-4-16(9-14)20-8-7-17-12-20/h2-10,12,19H,11H2,1H3. The van der Waals surface area contributed by atoms with E-state index in [-0.39, 0.29) is 0 Å². The van der Waals surface area contributed by atoms with E-state index in [0.29, 0.717) is 6.54 Å². The fourth-order valence-corrected chi connectivity index (χ4v) is 1.98. The molecule has 4 nitrogen and oxygen atoms in total. The molecule has 0 saturated carbocycles. The zero-order valence-electron chi connectivity index (χ0n) is 11.3. The second-order valence-electron chi connectivity index (χ2n) is 4.70. The Hall–Kier alpha value is -2.62. The smallest absolute Gasteiger partial charge is 0.0991 e. The highest BCUT2D eigenvalue weighted by Crippen LogP contribution is 2.15. The lowest BCUT2D eigenvalue weighted by atomic mass is 10.2. The number of nitrogens with one attached hydrogen (secondary N) is 1. The summed E-state index contributed by atoms with van der Waals surface area (Å²) in [5.41, 5.74) is 4.36. The Kier molecular flexibility index (Phi) is 3.46. The third-order valence-electron chi connectivity index (χ3n) is 3.09. The highest BCUT2D eigenvalue weighted by Gasteiger charge is 1.99. The van der Waals surface area contributed by atoms with E-state index in [1.165, 1.54) is 5.56 Å². The van der Waals surface area contributed by atoms with Crippen LogP contribution in [0.3, 0.4) is 0 Å². The van der Waals surface area contributed by atoms with Crippen molar-refractivity contribution < 1.29 is 0 Å². The molecule has 0 bridgehead atoms. The SMILES string of the molecule is Cc1ccc(CNc2cccc(-n3ccnc3)c2)nc1. The number of hydrogen-bond donors (Lipinski definition) is 1. The van der Waals surface area contributed by atoms with Crippen LogP contribution in [-0.4, -0.2) is 14.5 Å². The molecule has 0 saturated heterocycles. The van der Waals surface area contributed by atoms with Crippen LogP contribution in [-0.2, 0) is 6.54 Å². The van der Waals surface area contributed by atoms with E-state index in [0.717, 1.165) is 17.1 Å². The first-order valence-electron chi connectivity index (χ1n) is 6.55. The van der Waals surface area contributed by atoms with Crippen molar-refractivity contribution in [2.75, 3.05) is 5.32 Å². The number of imidazole rings is 1. The normalized spacial score (nSPS) is 10.4. The Balaban J connectivity index is 1.72. The average molecular weight is 264 g/mol. The van der Waals surface area contributed by atoms with Crippen LogP contribution in [0.5, 0.6) is 0 Å². The summed E-state index contributed by atoms with van der Waals surface area (Å²) in [5.74, 6) is 0. The van der Waals surface area contributed by atoms with Crippen LogP contribution in [0.1, 0.15) is 11.3 Å². The Morgan fingerprint density at radius 2 is 2.15 bits per heavy atom. The van der Waals surface area contributed by atoms with Gasteiger partial charge in [0.25, 0.3) is 0 Å². The molecule has 100 valence electrons. The molecular weight excluding hydrogens is 248 g/mol. The molecule has 1 aromatic carbocycles. The third kappa shape index (κ3) is 2.85. The zero-order chi connectivity index (χ0) is 13.8. The highest BCUT2D eigenvalue weighted by atomic mass is 15.0. The fraction of sp³-hybridized carbons (Fsp3) is 0.125. The largest absolute Gasteiger partial charge is 0.379 e. The minimum absolute atomic E-state index is 0.716. The Labute approximate surface area is 118 Å². The maximum atomic E-state index is 4.39. The number of rotatable bonds is 4. The van der Waals surface area contributed by atoms with Crippen molar-refractivity contribution in [1.29, 1.82) is 0 Å². The molecule has 0 aliphatic heterocycles. The number of aryl methyl sites for hydroxylation is 1. The maximum Gasteiger partial charge on any atom is 0.0991 e. The number of pyridine rings is 1. The lowest BCUT2D eigenvalue weighted by Crippen LogP contribution is -2.02. The van der Waals surface area contributed by atoms with Gasteiger partial charge in [-0.05, 0) is 36.8 Å². The molecule has 20 heavy (non-hydrogen) atoms. The van der Waals surface area contributed by atoms with E-state index in [2.05, 4.69) is 39.6 Å². The molecule has 3 rings (SSSR count). The van der Waals surface area contributed by atoms with Gasteiger partial charge in [0.15, 0.2) is 0 Å². The summed E-state index contributed by atoms with van der Waals surface area (Å²) in [7, 11) is 0. The topological polar surface area (TPSA) is 42.7 Å². The Bertz CT molecular complexity index is 672. The van der Waals surface area contributed by atoms with Crippen LogP contribution in [0.15, 0.2) is 61.3 Å². The first kappa shape index (κ1) is 12.4. The summed E-state index contributed by atoms with van der Waals surface area (Å²) in [5, 5.41) is 3.39. The van der Waals surface area contributed by atoms with E-state index < -0.39 is 0 Å². The van der Waals surface area contributed by atoms with E-state index in [1.807, 2.05) is 36.0 Å². The second kappa shape index (κ2) is 5.57. The molecule has 0 radical (unpaired) electrons. The van der Waals surface area contributed by atoms with E-state index >= 15 is 0 Å². The van der Waals surface area contributed by atoms with Gasteiger partial charge in [0.2, 0.25) is 0 Å². The van der Waals surface area contributed by atoms with E-state index in [1.54, 1.807) is 12.5 Å². The van der Waals surface area contributed by atoms with Gasteiger partial charge in [-0.1, -0.05) is 12.1 Å². The van der Waals surface area contributed by atoms with E-state index in [4.69, 9.17) is 0 Å². The van der Waals surface area contributed by atoms with Crippen molar-refractivity contribution in [2.24, 2.45) is 0 Å². The maximum absolute atomic E-state index is 4.39. The summed E-state index contributed by atoms with van der Waals surface area (Å²) in [6, 6.07) is 12.3. The van der Waals surface area contributed by atoms with Gasteiger partial charge in [-0.3, -0.25) is 4.98 Å². The molecule has 0 aliphatic carbocycles. The van der Waals surface area contributed by atoms with E-state index in [9.17, 15) is 0 Å². The van der Waals surface area contributed by atoms with Crippen molar-refractivity contribution in [1.82, 2.24) is 14.5 Å². The third-order valence-corrected chi connectivity index (χ3v) is 3.09. The van der Waals surface area contributed by atoms with Gasteiger partial charge in [-0.2, -0.15) is 0 Å². The number of benzene rings is 1. The van der Waals surface area contributed by atoms with Crippen molar-refractivity contribution in [3.05, 3.63) is 72.6 Å². The average Bonchev–Trinajstić information content (AvgIpc) is 3.01. The molecule has 4 heteroatoms. The Morgan fingerprint density at radius 1 is 1.20 bits per heavy atom. The first-order chi connectivity index (χ1) is 9.81. The summed E-state index contributed by atoms with van der Waals surface area (Å²) in [6.45, 7) is 2.76. The molecule has 0 spiro atoms. The van der Waals surface area contributed by atoms with Crippen molar-refractivity contribution in [3.8, 4) is 5.69 Å². The highest BCUT2D eigenvalue weighted by molar-refractivity contribution is 5.51. The monoisotopic (exact) mass is 264 g/mol. The minimum Gasteiger partial charge on any atom is -0.379 e. The minimum atomic E-state index is 0.716. The number of anilines is 1. The van der Waals surface area contributed by atoms with Gasteiger partial charge >= 0.3 is 0 Å². The summed E-state index contributed by atoms with van der Waals surface area (Å²) in [6.07, 6.45) is 7.39. The first-order valence-corrected chi connectivity index (χ1v) is 6.55. The number of hydrogen-bond acceptors (Lipinski definition) is 3. The molecule has 2 heterocycles. The molecule has 0 fully saturated rings. The Morgan fingerprint density at radius 3 is 2.90 bits per heavy atom. The van der Waals surface area contributed by atoms with Crippen molar-refractivity contribution in [2.45, 2.75) is 13.5 Å². The molecule has 2 aromatic heterocycles. The molecule has 0 atom stereocenters. The van der Waals surface area contributed by atoms with Crippen molar-refractivity contribution in [3.63, 3.8) is 0 Å². The lowest BCUT2D eigenvalue weighted by Gasteiger charge is -2.08. The fourth-order valence-electron chi connectivity index (χ4n) is 1.98. The van der Waals surface area contributed by atoms with Gasteiger partial charge in [-0.25, -0.2) is 4.98 Å². The van der Waals surface area contributed by atoms with Crippen LogP contribution >= 0.6 is 0 Å². The molecular formula is C16H16N4. The van der Waals surface area contributed by atoms with Gasteiger partial charge in [0.1, 0.15) is 0 Å². The number of aromatic nitrogens is 3. The number of nitrogens with zero attached hydrogens (tertiary/aromatic N) is 3. The molecule has 1 N–H and O–H groups in total. The van der Waals surface area contributed by atoms with Crippen molar-refractivity contribution >= 4 is 5.69 Å². The lowest BCUT2D eigenvalue weighted by molar-refractivity contribution is 1.03. The predicted molar refractivity (Wildman–Crippen MR) is 79.9 cm³/mol. The quantitative estimate of drug-likeness (QED) is 0.787. The van der Waals surface area contributed by atoms with Crippen LogP contribution in [0.25, 0.3) is 5.69 Å². The predicted octanol–water partition coefficient (Wildman–Crippen LogP) is 3.19. The van der Waals surface area contributed by atoms with Gasteiger partial charge in [-0.15, -0.1) is 0 Å². The van der Waals surface area contributed by atoms with Crippen LogP contribution in [0.2, 0.25) is 0 Å². The van der Waals surface area contributed by atoms with Gasteiger partial charge < -0.3 is 9.88 Å². The van der Waals surface area contributed by atoms with Gasteiger partial charge in [0, 0.05) is 30.0 Å². The van der Waals surface area contributed by atoms with Crippen LogP contribution < -0.4 is 5.32 Å². The van der Waals surface area contributed by atoms with Gasteiger partial charge in [0.05, 0.1) is 18.6 Å². The second-order valence-corrected chi connectivity index (χ2v) is 4.70. The van der Waals surface area contributed by atoms with Crippen LogP contribution in [0.4, 0.5) is 5.69 Å². The summed E-state index contributed by atoms with van der Waals surface area (Å²) >= 11 is 0. The zero-order valence-corrected chi connectivity index (χ0v) is 11.3. The molecule has 0 aliphatic rings. The van der Waals surface area contributed by atoms with Crippen LogP contribution in [0, 0.1) is 6.92 Å². The summed E-state index contributed by atoms with van der Waals surface area (Å²) in [4.78, 5) is 8.45.